The first-order valence-electron chi connectivity index (χ1n) is 9.47. The van der Waals surface area contributed by atoms with Gasteiger partial charge in [-0.15, -0.1) is 0 Å². The summed E-state index contributed by atoms with van der Waals surface area (Å²) in [5, 5.41) is 12.1. The van der Waals surface area contributed by atoms with Crippen molar-refractivity contribution in [2.75, 3.05) is 26.2 Å². The summed E-state index contributed by atoms with van der Waals surface area (Å²) in [6, 6.07) is 10.0. The van der Waals surface area contributed by atoms with Crippen LogP contribution in [0.1, 0.15) is 45.2 Å². The number of amides is 1. The summed E-state index contributed by atoms with van der Waals surface area (Å²) in [6.45, 7) is 8.40. The zero-order chi connectivity index (χ0) is 19.1. The normalized spacial score (nSPS) is 18.5. The molecule has 0 aliphatic carbocycles. The lowest BCUT2D eigenvalue weighted by atomic mass is 10.0. The molecule has 1 aliphatic rings. The van der Waals surface area contributed by atoms with Crippen LogP contribution in [0.5, 0.6) is 0 Å². The molecule has 1 saturated heterocycles. The van der Waals surface area contributed by atoms with Crippen LogP contribution in [0.3, 0.4) is 0 Å². The third kappa shape index (κ3) is 5.54. The van der Waals surface area contributed by atoms with Crippen LogP contribution < -0.4 is 5.32 Å². The molecule has 1 aromatic carbocycles. The Hall–Kier alpha value is -1.92. The van der Waals surface area contributed by atoms with E-state index in [1.807, 2.05) is 56.0 Å². The van der Waals surface area contributed by atoms with Crippen molar-refractivity contribution in [3.8, 4) is 0 Å². The third-order valence-corrected chi connectivity index (χ3v) is 5.35. The SMILES string of the molecule is CCN(CC(=O)O)C1CCN(C(C)C(=O)NC(C)c2ccccc2)CC1. The Morgan fingerprint density at radius 3 is 2.38 bits per heavy atom. The fourth-order valence-electron chi connectivity index (χ4n) is 3.64. The molecule has 26 heavy (non-hydrogen) atoms. The number of carboxylic acid groups (broad SMARTS) is 1. The summed E-state index contributed by atoms with van der Waals surface area (Å²) >= 11 is 0. The van der Waals surface area contributed by atoms with E-state index >= 15 is 0 Å². The number of likely N-dealkylation sites (N-methyl/N-ethyl adjacent to an activating group) is 1. The van der Waals surface area contributed by atoms with Crippen LogP contribution in [0.25, 0.3) is 0 Å². The maximum Gasteiger partial charge on any atom is 0.317 e. The molecule has 1 fully saturated rings. The molecule has 2 N–H and O–H groups in total. The number of nitrogens with zero attached hydrogens (tertiary/aromatic N) is 2. The van der Waals surface area contributed by atoms with E-state index in [0.717, 1.165) is 38.0 Å². The summed E-state index contributed by atoms with van der Waals surface area (Å²) in [6.07, 6.45) is 1.79. The van der Waals surface area contributed by atoms with Gasteiger partial charge in [-0.05, 0) is 38.8 Å². The van der Waals surface area contributed by atoms with E-state index in [2.05, 4.69) is 10.2 Å². The molecule has 0 aromatic heterocycles. The summed E-state index contributed by atoms with van der Waals surface area (Å²) in [7, 11) is 0. The van der Waals surface area contributed by atoms with Crippen LogP contribution in [0, 0.1) is 0 Å². The van der Waals surface area contributed by atoms with Crippen LogP contribution in [-0.4, -0.2) is 65.0 Å². The molecule has 0 radical (unpaired) electrons. The number of carbonyl (C=O) groups is 2. The Morgan fingerprint density at radius 2 is 1.85 bits per heavy atom. The van der Waals surface area contributed by atoms with Gasteiger partial charge in [-0.3, -0.25) is 19.4 Å². The highest BCUT2D eigenvalue weighted by atomic mass is 16.4. The third-order valence-electron chi connectivity index (χ3n) is 5.35. The van der Waals surface area contributed by atoms with Crippen molar-refractivity contribution in [2.45, 2.75) is 51.7 Å². The van der Waals surface area contributed by atoms with Gasteiger partial charge in [0.25, 0.3) is 0 Å². The fraction of sp³-hybridized carbons (Fsp3) is 0.600. The summed E-state index contributed by atoms with van der Waals surface area (Å²) in [5.74, 6) is -0.741. The van der Waals surface area contributed by atoms with Gasteiger partial charge in [0.2, 0.25) is 5.91 Å². The van der Waals surface area contributed by atoms with E-state index in [-0.39, 0.29) is 30.6 Å². The van der Waals surface area contributed by atoms with Crippen molar-refractivity contribution in [2.24, 2.45) is 0 Å². The molecule has 0 spiro atoms. The molecule has 0 bridgehead atoms. The van der Waals surface area contributed by atoms with Gasteiger partial charge in [-0.2, -0.15) is 0 Å². The van der Waals surface area contributed by atoms with Crippen molar-refractivity contribution in [3.05, 3.63) is 35.9 Å². The molecule has 2 atom stereocenters. The van der Waals surface area contributed by atoms with E-state index in [1.54, 1.807) is 0 Å². The zero-order valence-electron chi connectivity index (χ0n) is 16.0. The number of hydrogen-bond donors (Lipinski definition) is 2. The summed E-state index contributed by atoms with van der Waals surface area (Å²) < 4.78 is 0. The molecule has 1 amide bonds. The first-order valence-corrected chi connectivity index (χ1v) is 9.47. The largest absolute Gasteiger partial charge is 0.480 e. The maximum atomic E-state index is 12.6. The highest BCUT2D eigenvalue weighted by molar-refractivity contribution is 5.81. The van der Waals surface area contributed by atoms with Crippen molar-refractivity contribution in [1.29, 1.82) is 0 Å². The van der Waals surface area contributed by atoms with E-state index in [0.29, 0.717) is 0 Å². The molecule has 1 aliphatic heterocycles. The number of aliphatic carboxylic acids is 1. The predicted octanol–water partition coefficient (Wildman–Crippen LogP) is 2.12. The van der Waals surface area contributed by atoms with E-state index < -0.39 is 5.97 Å². The number of likely N-dealkylation sites (tertiary alicyclic amines) is 1. The quantitative estimate of drug-likeness (QED) is 0.742. The van der Waals surface area contributed by atoms with Crippen molar-refractivity contribution in [1.82, 2.24) is 15.1 Å². The molecule has 144 valence electrons. The van der Waals surface area contributed by atoms with Gasteiger partial charge in [-0.25, -0.2) is 0 Å². The van der Waals surface area contributed by atoms with E-state index in [9.17, 15) is 9.59 Å². The van der Waals surface area contributed by atoms with Crippen LogP contribution in [0.4, 0.5) is 0 Å². The topological polar surface area (TPSA) is 72.9 Å². The predicted molar refractivity (Wildman–Crippen MR) is 102 cm³/mol. The molecule has 1 heterocycles. The van der Waals surface area contributed by atoms with Crippen LogP contribution in [0.2, 0.25) is 0 Å². The lowest BCUT2D eigenvalue weighted by molar-refractivity contribution is -0.139. The number of rotatable bonds is 8. The Bertz CT molecular complexity index is 585. The van der Waals surface area contributed by atoms with Gasteiger partial charge >= 0.3 is 5.97 Å². The number of carbonyl (C=O) groups excluding carboxylic acids is 1. The van der Waals surface area contributed by atoms with Gasteiger partial charge < -0.3 is 10.4 Å². The van der Waals surface area contributed by atoms with Crippen molar-refractivity contribution >= 4 is 11.9 Å². The minimum Gasteiger partial charge on any atom is -0.480 e. The Kier molecular flexibility index (Phi) is 7.60. The Balaban J connectivity index is 1.84. The fourth-order valence-corrected chi connectivity index (χ4v) is 3.64. The Labute approximate surface area is 156 Å². The average molecular weight is 361 g/mol. The molecular formula is C20H31N3O3. The van der Waals surface area contributed by atoms with Crippen LogP contribution >= 0.6 is 0 Å². The van der Waals surface area contributed by atoms with Crippen molar-refractivity contribution in [3.63, 3.8) is 0 Å². The van der Waals surface area contributed by atoms with E-state index in [4.69, 9.17) is 5.11 Å². The smallest absolute Gasteiger partial charge is 0.317 e. The molecule has 2 unspecified atom stereocenters. The highest BCUT2D eigenvalue weighted by Crippen LogP contribution is 2.19. The summed E-state index contributed by atoms with van der Waals surface area (Å²) in [4.78, 5) is 27.8. The number of carboxylic acids is 1. The average Bonchev–Trinajstić information content (AvgIpc) is 2.66. The van der Waals surface area contributed by atoms with Gasteiger partial charge in [0, 0.05) is 19.1 Å². The lowest BCUT2D eigenvalue weighted by Gasteiger charge is -2.39. The molecule has 0 saturated carbocycles. The lowest BCUT2D eigenvalue weighted by Crippen LogP contribution is -2.52. The van der Waals surface area contributed by atoms with Crippen molar-refractivity contribution < 1.29 is 14.7 Å². The second-order valence-corrected chi connectivity index (χ2v) is 7.04. The van der Waals surface area contributed by atoms with Gasteiger partial charge in [-0.1, -0.05) is 37.3 Å². The maximum absolute atomic E-state index is 12.6. The Morgan fingerprint density at radius 1 is 1.23 bits per heavy atom. The van der Waals surface area contributed by atoms with Crippen LogP contribution in [-0.2, 0) is 9.59 Å². The minimum absolute atomic E-state index is 0.0187. The number of piperidine rings is 1. The van der Waals surface area contributed by atoms with Gasteiger partial charge in [0.15, 0.2) is 0 Å². The molecule has 6 nitrogen and oxygen atoms in total. The van der Waals surface area contributed by atoms with Gasteiger partial charge in [0.05, 0.1) is 18.6 Å². The second-order valence-electron chi connectivity index (χ2n) is 7.04. The van der Waals surface area contributed by atoms with Gasteiger partial charge in [0.1, 0.15) is 0 Å². The zero-order valence-corrected chi connectivity index (χ0v) is 16.0. The highest BCUT2D eigenvalue weighted by Gasteiger charge is 2.30. The van der Waals surface area contributed by atoms with Crippen LogP contribution in [0.15, 0.2) is 30.3 Å². The molecule has 2 rings (SSSR count). The van der Waals surface area contributed by atoms with E-state index in [1.165, 1.54) is 0 Å². The minimum atomic E-state index is -0.781. The molecular weight excluding hydrogens is 330 g/mol. The standard InChI is InChI=1S/C20H31N3O3/c1-4-22(14-19(24)25)18-10-12-23(13-11-18)16(3)20(26)21-15(2)17-8-6-5-7-9-17/h5-9,15-16,18H,4,10-14H2,1-3H3,(H,21,26)(H,24,25). The second kappa shape index (κ2) is 9.69. The first-order chi connectivity index (χ1) is 12.4. The molecule has 6 heteroatoms. The number of nitrogens with one attached hydrogen (secondary N) is 1. The summed E-state index contributed by atoms with van der Waals surface area (Å²) in [5.41, 5.74) is 1.10. The molecule has 1 aromatic rings. The number of benzene rings is 1. The first kappa shape index (κ1) is 20.4. The number of hydrogen-bond acceptors (Lipinski definition) is 4. The monoisotopic (exact) mass is 361 g/mol.